The summed E-state index contributed by atoms with van der Waals surface area (Å²) in [5, 5.41) is 63.3. The first-order valence-electron chi connectivity index (χ1n) is 14.5. The number of carbonyl (C=O) groups is 2. The van der Waals surface area contributed by atoms with Crippen molar-refractivity contribution in [2.24, 2.45) is 5.92 Å². The Kier molecular flexibility index (Phi) is 8.90. The van der Waals surface area contributed by atoms with E-state index in [9.17, 15) is 50.0 Å². The number of carbonyl (C=O) groups excluding carboxylic acids is 2. The van der Waals surface area contributed by atoms with Gasteiger partial charge >= 0.3 is 0 Å². The predicted octanol–water partition coefficient (Wildman–Crippen LogP) is 0.0602. The standard InChI is InChI=1S/C29H37N3O12Si/c1-14-25(45(2,3)42)20(10-11-33)44-29(14)18-12-17(32(40)41)8-9-19(18)31(28(29)39)13-15-4-6-16(7-5-15)30-26(37)24-22(35)21(34)23(36)27(38)43-24/h4-9,12,14,20-25,27,33-36,38,42H,10-11,13H2,1-3H3,(H,30,37)/t14-,20+,21-,22-,23+,24-,25-,27+,29+/m0/s1. The van der Waals surface area contributed by atoms with E-state index >= 15 is 0 Å². The Morgan fingerprint density at radius 1 is 1.09 bits per heavy atom. The molecule has 7 N–H and O–H groups in total. The summed E-state index contributed by atoms with van der Waals surface area (Å²) in [6.45, 7) is 5.07. The summed E-state index contributed by atoms with van der Waals surface area (Å²) in [6.07, 6.45) is -9.37. The molecule has 2 aromatic carbocycles. The van der Waals surface area contributed by atoms with Crippen molar-refractivity contribution >= 4 is 37.2 Å². The predicted molar refractivity (Wildman–Crippen MR) is 159 cm³/mol. The summed E-state index contributed by atoms with van der Waals surface area (Å²) >= 11 is 0. The molecule has 16 heteroatoms. The number of anilines is 2. The van der Waals surface area contributed by atoms with Crippen LogP contribution in [0.4, 0.5) is 17.1 Å². The minimum Gasteiger partial charge on any atom is -0.432 e. The van der Waals surface area contributed by atoms with Gasteiger partial charge in [0.25, 0.3) is 17.5 Å². The lowest BCUT2D eigenvalue weighted by atomic mass is 9.82. The van der Waals surface area contributed by atoms with Gasteiger partial charge in [-0.2, -0.15) is 0 Å². The van der Waals surface area contributed by atoms with E-state index in [0.29, 0.717) is 16.8 Å². The maximum atomic E-state index is 14.3. The van der Waals surface area contributed by atoms with E-state index in [1.807, 2.05) is 0 Å². The van der Waals surface area contributed by atoms with Crippen LogP contribution in [0, 0.1) is 16.0 Å². The highest BCUT2D eigenvalue weighted by Gasteiger charge is 2.66. The fourth-order valence-electron chi connectivity index (χ4n) is 6.90. The Labute approximate surface area is 258 Å². The number of fused-ring (bicyclic) bond motifs is 2. The first-order valence-corrected chi connectivity index (χ1v) is 17.5. The van der Waals surface area contributed by atoms with Gasteiger partial charge in [0, 0.05) is 41.4 Å². The van der Waals surface area contributed by atoms with Crippen molar-refractivity contribution in [3.05, 3.63) is 63.7 Å². The normalized spacial score (nSPS) is 33.0. The molecule has 0 aliphatic carbocycles. The highest BCUT2D eigenvalue weighted by Crippen LogP contribution is 2.60. The summed E-state index contributed by atoms with van der Waals surface area (Å²) in [4.78, 5) is 50.9. The van der Waals surface area contributed by atoms with Crippen molar-refractivity contribution in [2.45, 2.75) is 80.9 Å². The zero-order valence-electron chi connectivity index (χ0n) is 24.8. The molecule has 0 aromatic heterocycles. The number of hydrogen-bond donors (Lipinski definition) is 7. The van der Waals surface area contributed by atoms with Gasteiger partial charge in [0.05, 0.1) is 23.3 Å². The van der Waals surface area contributed by atoms with Gasteiger partial charge in [0.15, 0.2) is 26.3 Å². The molecule has 15 nitrogen and oxygen atoms in total. The highest BCUT2D eigenvalue weighted by atomic mass is 28.4. The van der Waals surface area contributed by atoms with E-state index in [1.54, 1.807) is 32.2 Å². The SMILES string of the molecule is C[C@H]1[C@H]([Si](C)(C)O)[C@@H](CCO)O[C@]12C(=O)N(Cc1ccc(NC(=O)[C@H]3O[C@@H](O)[C@H](O)[C@@H](O)[C@@H]3O)cc1)c1ccc([N+](=O)[O-])cc12. The molecule has 45 heavy (non-hydrogen) atoms. The number of nitro groups is 1. The van der Waals surface area contributed by atoms with Gasteiger partial charge in [0.2, 0.25) is 0 Å². The third-order valence-electron chi connectivity index (χ3n) is 9.00. The second-order valence-corrected chi connectivity index (χ2v) is 16.3. The number of non-ortho nitro benzene ring substituents is 1. The molecule has 1 spiro atoms. The van der Waals surface area contributed by atoms with Crippen molar-refractivity contribution < 1.29 is 54.3 Å². The number of nitrogens with zero attached hydrogens (tertiary/aromatic N) is 2. The van der Waals surface area contributed by atoms with Gasteiger partial charge in [-0.05, 0) is 43.3 Å². The van der Waals surface area contributed by atoms with E-state index < -0.39 is 78.9 Å². The molecule has 3 aliphatic rings. The van der Waals surface area contributed by atoms with E-state index in [0.717, 1.165) is 0 Å². The Morgan fingerprint density at radius 2 is 1.76 bits per heavy atom. The maximum absolute atomic E-state index is 14.3. The number of amides is 2. The van der Waals surface area contributed by atoms with E-state index in [-0.39, 0.29) is 30.9 Å². The van der Waals surface area contributed by atoms with Crippen LogP contribution in [0.2, 0.25) is 18.6 Å². The van der Waals surface area contributed by atoms with Crippen molar-refractivity contribution in [1.82, 2.24) is 0 Å². The third kappa shape index (κ3) is 5.66. The van der Waals surface area contributed by atoms with Gasteiger partial charge in [0.1, 0.15) is 18.3 Å². The Hall–Kier alpha value is -3.32. The molecule has 2 aromatic rings. The number of ether oxygens (including phenoxy) is 2. The second-order valence-electron chi connectivity index (χ2n) is 12.3. The minimum atomic E-state index is -2.95. The topological polar surface area (TPSA) is 232 Å². The summed E-state index contributed by atoms with van der Waals surface area (Å²) in [6, 6.07) is 10.4. The van der Waals surface area contributed by atoms with Gasteiger partial charge in [-0.15, -0.1) is 0 Å². The molecule has 2 fully saturated rings. The molecule has 244 valence electrons. The Bertz CT molecular complexity index is 1470. The number of rotatable bonds is 8. The number of aliphatic hydroxyl groups excluding tert-OH is 5. The average molecular weight is 648 g/mol. The van der Waals surface area contributed by atoms with Crippen LogP contribution < -0.4 is 10.2 Å². The molecule has 0 bridgehead atoms. The van der Waals surface area contributed by atoms with Crippen LogP contribution in [-0.4, -0.2) is 98.8 Å². The minimum absolute atomic E-state index is 0.0334. The smallest absolute Gasteiger partial charge is 0.269 e. The van der Waals surface area contributed by atoms with Crippen molar-refractivity contribution in [3.8, 4) is 0 Å². The first-order chi connectivity index (χ1) is 21.1. The van der Waals surface area contributed by atoms with E-state index in [1.165, 1.54) is 35.2 Å². The van der Waals surface area contributed by atoms with Crippen LogP contribution in [0.25, 0.3) is 0 Å². The lowest BCUT2D eigenvalue weighted by Crippen LogP contribution is -2.60. The largest absolute Gasteiger partial charge is 0.432 e. The van der Waals surface area contributed by atoms with Crippen LogP contribution in [-0.2, 0) is 31.2 Å². The number of nitro benzene ring substituents is 1. The number of benzene rings is 2. The first kappa shape index (κ1) is 33.1. The van der Waals surface area contributed by atoms with Crippen molar-refractivity contribution in [2.75, 3.05) is 16.8 Å². The summed E-state index contributed by atoms with van der Waals surface area (Å²) < 4.78 is 11.4. The van der Waals surface area contributed by atoms with Gasteiger partial charge in [-0.25, -0.2) is 0 Å². The van der Waals surface area contributed by atoms with Gasteiger partial charge in [-0.3, -0.25) is 19.7 Å². The number of aliphatic hydroxyl groups is 5. The molecular formula is C29H37N3O12Si. The Morgan fingerprint density at radius 3 is 2.36 bits per heavy atom. The van der Waals surface area contributed by atoms with Crippen LogP contribution in [0.1, 0.15) is 24.5 Å². The molecule has 5 rings (SSSR count). The fraction of sp³-hybridized carbons (Fsp3) is 0.517. The molecule has 3 aliphatic heterocycles. The van der Waals surface area contributed by atoms with Crippen LogP contribution >= 0.6 is 0 Å². The summed E-state index contributed by atoms with van der Waals surface area (Å²) in [5.41, 5.74) is -0.649. The monoisotopic (exact) mass is 647 g/mol. The van der Waals surface area contributed by atoms with Crippen molar-refractivity contribution in [3.63, 3.8) is 0 Å². The van der Waals surface area contributed by atoms with E-state index in [4.69, 9.17) is 9.47 Å². The molecule has 0 saturated carbocycles. The Balaban J connectivity index is 1.41. The molecule has 2 amide bonds. The molecule has 9 atom stereocenters. The number of nitrogens with one attached hydrogen (secondary N) is 1. The van der Waals surface area contributed by atoms with Gasteiger partial charge in [-0.1, -0.05) is 19.1 Å². The highest BCUT2D eigenvalue weighted by molar-refractivity contribution is 6.71. The number of hydrogen-bond acceptors (Lipinski definition) is 12. The van der Waals surface area contributed by atoms with Crippen LogP contribution in [0.3, 0.4) is 0 Å². The summed E-state index contributed by atoms with van der Waals surface area (Å²) in [5.74, 6) is -1.89. The fourth-order valence-corrected chi connectivity index (χ4v) is 9.50. The molecule has 0 radical (unpaired) electrons. The third-order valence-corrected chi connectivity index (χ3v) is 11.5. The van der Waals surface area contributed by atoms with Crippen molar-refractivity contribution in [1.29, 1.82) is 0 Å². The lowest BCUT2D eigenvalue weighted by Gasteiger charge is -2.37. The lowest BCUT2D eigenvalue weighted by molar-refractivity contribution is -0.385. The molecule has 0 unspecified atom stereocenters. The van der Waals surface area contributed by atoms with E-state index in [2.05, 4.69) is 5.32 Å². The molecule has 3 heterocycles. The molecular weight excluding hydrogens is 610 g/mol. The molecule has 2 saturated heterocycles. The second kappa shape index (κ2) is 12.1. The maximum Gasteiger partial charge on any atom is 0.269 e. The van der Waals surface area contributed by atoms with Gasteiger partial charge < -0.3 is 50.0 Å². The zero-order valence-corrected chi connectivity index (χ0v) is 25.8. The average Bonchev–Trinajstić information content (AvgIpc) is 3.41. The van der Waals surface area contributed by atoms with Crippen LogP contribution in [0.15, 0.2) is 42.5 Å². The zero-order chi connectivity index (χ0) is 33.0. The quantitative estimate of drug-likeness (QED) is 0.115. The summed E-state index contributed by atoms with van der Waals surface area (Å²) in [7, 11) is -2.95. The van der Waals surface area contributed by atoms with Crippen LogP contribution in [0.5, 0.6) is 0 Å².